The predicted octanol–water partition coefficient (Wildman–Crippen LogP) is 2.14. The highest BCUT2D eigenvalue weighted by molar-refractivity contribution is 7.08. The molecule has 1 unspecified atom stereocenters. The summed E-state index contributed by atoms with van der Waals surface area (Å²) in [5.74, 6) is -0.573. The molecule has 100 valence electrons. The molecule has 2 heterocycles. The number of thiophene rings is 1. The van der Waals surface area contributed by atoms with Gasteiger partial charge in [-0.3, -0.25) is 9.59 Å². The molecular weight excluding hydrogens is 260 g/mol. The lowest BCUT2D eigenvalue weighted by molar-refractivity contribution is -0.135. The van der Waals surface area contributed by atoms with Gasteiger partial charge >= 0.3 is 0 Å². The molecule has 1 aromatic heterocycles. The zero-order chi connectivity index (χ0) is 13.8. The minimum absolute atomic E-state index is 0.100. The van der Waals surface area contributed by atoms with Gasteiger partial charge in [0.05, 0.1) is 6.42 Å². The van der Waals surface area contributed by atoms with Crippen LogP contribution in [-0.2, 0) is 9.59 Å². The van der Waals surface area contributed by atoms with E-state index in [1.54, 1.807) is 23.6 Å². The van der Waals surface area contributed by atoms with Crippen LogP contribution in [0.3, 0.4) is 0 Å². The molecule has 2 N–H and O–H groups in total. The molecule has 0 aliphatic carbocycles. The first-order valence-corrected chi connectivity index (χ1v) is 7.08. The molecule has 4 nitrogen and oxygen atoms in total. The van der Waals surface area contributed by atoms with Crippen molar-refractivity contribution in [3.63, 3.8) is 0 Å². The molecule has 1 aliphatic heterocycles. The van der Waals surface area contributed by atoms with Crippen LogP contribution >= 0.6 is 11.3 Å². The lowest BCUT2D eigenvalue weighted by Crippen LogP contribution is -2.44. The quantitative estimate of drug-likeness (QED) is 0.915. The lowest BCUT2D eigenvalue weighted by atomic mass is 10.1. The second kappa shape index (κ2) is 5.84. The largest absolute Gasteiger partial charge is 0.368 e. The van der Waals surface area contributed by atoms with Crippen LogP contribution in [0, 0.1) is 0 Å². The van der Waals surface area contributed by atoms with Crippen molar-refractivity contribution in [1.29, 1.82) is 0 Å². The fourth-order valence-electron chi connectivity index (χ4n) is 2.11. The zero-order valence-corrected chi connectivity index (χ0v) is 11.5. The summed E-state index contributed by atoms with van der Waals surface area (Å²) in [6.07, 6.45) is 6.14. The van der Waals surface area contributed by atoms with Crippen LogP contribution in [-0.4, -0.2) is 22.8 Å². The third-order valence-electron chi connectivity index (χ3n) is 3.12. The zero-order valence-electron chi connectivity index (χ0n) is 10.7. The van der Waals surface area contributed by atoms with E-state index in [0.717, 1.165) is 11.1 Å². The van der Waals surface area contributed by atoms with Crippen molar-refractivity contribution in [3.8, 4) is 0 Å². The van der Waals surface area contributed by atoms with E-state index in [-0.39, 0.29) is 12.3 Å². The summed E-state index contributed by atoms with van der Waals surface area (Å²) >= 11 is 1.59. The third kappa shape index (κ3) is 2.93. The Balaban J connectivity index is 2.20. The highest BCUT2D eigenvalue weighted by Gasteiger charge is 2.26. The maximum absolute atomic E-state index is 12.3. The number of amides is 2. The molecule has 19 heavy (non-hydrogen) atoms. The van der Waals surface area contributed by atoms with Gasteiger partial charge in [0.2, 0.25) is 11.8 Å². The summed E-state index contributed by atoms with van der Waals surface area (Å²) in [7, 11) is 0. The van der Waals surface area contributed by atoms with Crippen LogP contribution in [0.1, 0.15) is 25.3 Å². The van der Waals surface area contributed by atoms with Gasteiger partial charge < -0.3 is 10.6 Å². The molecule has 0 fully saturated rings. The van der Waals surface area contributed by atoms with Gasteiger partial charge in [-0.15, -0.1) is 0 Å². The Morgan fingerprint density at radius 1 is 1.58 bits per heavy atom. The van der Waals surface area contributed by atoms with Gasteiger partial charge in [0.1, 0.15) is 6.04 Å². The highest BCUT2D eigenvalue weighted by Crippen LogP contribution is 2.25. The number of hydrogen-bond acceptors (Lipinski definition) is 3. The van der Waals surface area contributed by atoms with Crippen LogP contribution in [0.5, 0.6) is 0 Å². The normalized spacial score (nSPS) is 17.0. The monoisotopic (exact) mass is 276 g/mol. The Labute approximate surface area is 116 Å². The van der Waals surface area contributed by atoms with Crippen LogP contribution in [0.15, 0.2) is 35.2 Å². The van der Waals surface area contributed by atoms with Crippen molar-refractivity contribution in [2.75, 3.05) is 0 Å². The maximum atomic E-state index is 12.3. The summed E-state index contributed by atoms with van der Waals surface area (Å²) in [6.45, 7) is 1.84. The molecule has 0 saturated carbocycles. The van der Waals surface area contributed by atoms with Gasteiger partial charge in [-0.25, -0.2) is 0 Å². The van der Waals surface area contributed by atoms with Gasteiger partial charge in [-0.2, -0.15) is 11.3 Å². The van der Waals surface area contributed by atoms with Crippen molar-refractivity contribution in [2.24, 2.45) is 5.73 Å². The van der Waals surface area contributed by atoms with Crippen molar-refractivity contribution < 1.29 is 9.59 Å². The molecule has 1 aromatic rings. The molecule has 0 saturated heterocycles. The molecule has 0 radical (unpaired) electrons. The molecule has 1 aliphatic rings. The van der Waals surface area contributed by atoms with E-state index < -0.39 is 11.9 Å². The molecule has 1 atom stereocenters. The Morgan fingerprint density at radius 3 is 2.95 bits per heavy atom. The second-order valence-electron chi connectivity index (χ2n) is 4.35. The number of carbonyl (C=O) groups excluding carboxylic acids is 2. The first-order valence-electron chi connectivity index (χ1n) is 6.14. The van der Waals surface area contributed by atoms with Crippen molar-refractivity contribution in [2.45, 2.75) is 25.8 Å². The van der Waals surface area contributed by atoms with E-state index in [0.29, 0.717) is 6.42 Å². The van der Waals surface area contributed by atoms with Gasteiger partial charge in [0, 0.05) is 6.20 Å². The molecule has 0 spiro atoms. The van der Waals surface area contributed by atoms with Gasteiger partial charge in [-0.05, 0) is 40.5 Å². The van der Waals surface area contributed by atoms with Crippen LogP contribution in [0.25, 0.3) is 5.57 Å². The van der Waals surface area contributed by atoms with E-state index in [1.807, 2.05) is 29.8 Å². The number of primary amides is 1. The van der Waals surface area contributed by atoms with E-state index in [9.17, 15) is 9.59 Å². The maximum Gasteiger partial charge on any atom is 0.240 e. The minimum atomic E-state index is -0.570. The third-order valence-corrected chi connectivity index (χ3v) is 3.80. The minimum Gasteiger partial charge on any atom is -0.368 e. The van der Waals surface area contributed by atoms with E-state index >= 15 is 0 Å². The van der Waals surface area contributed by atoms with Crippen LogP contribution in [0.2, 0.25) is 0 Å². The van der Waals surface area contributed by atoms with Crippen molar-refractivity contribution in [3.05, 3.63) is 40.7 Å². The number of allylic oxidation sites excluding steroid dienone is 2. The SMILES string of the molecule is CCC(C(N)=O)N1C=CC=C(c2ccsc2)CC1=O. The standard InChI is InChI=1S/C14H16N2O2S/c1-2-12(14(15)18)16-6-3-4-10(8-13(16)17)11-5-7-19-9-11/h3-7,9,12H,2,8H2,1H3,(H2,15,18). The van der Waals surface area contributed by atoms with E-state index in [1.165, 1.54) is 4.90 Å². The van der Waals surface area contributed by atoms with Crippen molar-refractivity contribution >= 4 is 28.7 Å². The first kappa shape index (κ1) is 13.5. The number of hydrogen-bond donors (Lipinski definition) is 1. The number of carbonyl (C=O) groups is 2. The van der Waals surface area contributed by atoms with Gasteiger partial charge in [-0.1, -0.05) is 13.0 Å². The number of rotatable bonds is 4. The summed E-state index contributed by atoms with van der Waals surface area (Å²) in [5, 5.41) is 3.99. The Bertz CT molecular complexity index is 532. The predicted molar refractivity (Wildman–Crippen MR) is 76.2 cm³/mol. The highest BCUT2D eigenvalue weighted by atomic mass is 32.1. The molecule has 5 heteroatoms. The molecule has 2 rings (SSSR count). The summed E-state index contributed by atoms with van der Waals surface area (Å²) < 4.78 is 0. The summed E-state index contributed by atoms with van der Waals surface area (Å²) in [4.78, 5) is 25.1. The molecule has 0 bridgehead atoms. The molecular formula is C14H16N2O2S. The fourth-order valence-corrected chi connectivity index (χ4v) is 2.79. The Hall–Kier alpha value is -1.88. The lowest BCUT2D eigenvalue weighted by Gasteiger charge is -2.24. The smallest absolute Gasteiger partial charge is 0.240 e. The van der Waals surface area contributed by atoms with Gasteiger partial charge in [0.15, 0.2) is 0 Å². The van der Waals surface area contributed by atoms with Crippen molar-refractivity contribution in [1.82, 2.24) is 4.90 Å². The number of nitrogens with zero attached hydrogens (tertiary/aromatic N) is 1. The van der Waals surface area contributed by atoms with Gasteiger partial charge in [0.25, 0.3) is 0 Å². The fraction of sp³-hybridized carbons (Fsp3) is 0.286. The number of nitrogens with two attached hydrogens (primary N) is 1. The van der Waals surface area contributed by atoms with Crippen LogP contribution in [0.4, 0.5) is 0 Å². The first-order chi connectivity index (χ1) is 9.13. The molecule has 0 aromatic carbocycles. The molecule has 2 amide bonds. The van der Waals surface area contributed by atoms with Crippen LogP contribution < -0.4 is 5.73 Å². The van der Waals surface area contributed by atoms with E-state index in [4.69, 9.17) is 5.73 Å². The summed E-state index contributed by atoms with van der Waals surface area (Å²) in [5.41, 5.74) is 7.35. The van der Waals surface area contributed by atoms with E-state index in [2.05, 4.69) is 0 Å². The Morgan fingerprint density at radius 2 is 2.37 bits per heavy atom. The second-order valence-corrected chi connectivity index (χ2v) is 5.13. The summed E-state index contributed by atoms with van der Waals surface area (Å²) in [6, 6.07) is 1.41. The average molecular weight is 276 g/mol. The average Bonchev–Trinajstić information content (AvgIpc) is 2.83. The topological polar surface area (TPSA) is 63.4 Å². The Kier molecular flexibility index (Phi) is 4.16.